The summed E-state index contributed by atoms with van der Waals surface area (Å²) in [7, 11) is 0. The summed E-state index contributed by atoms with van der Waals surface area (Å²) in [5.74, 6) is -0.827. The van der Waals surface area contributed by atoms with E-state index in [1.54, 1.807) is 6.33 Å². The fourth-order valence-corrected chi connectivity index (χ4v) is 3.58. The first-order valence-electron chi connectivity index (χ1n) is 8.06. The lowest BCUT2D eigenvalue weighted by Crippen LogP contribution is -2.48. The Morgan fingerprint density at radius 3 is 2.29 bits per heavy atom. The zero-order valence-corrected chi connectivity index (χ0v) is 14.2. The fraction of sp³-hybridized carbons (Fsp3) is 0.300. The Morgan fingerprint density at radius 2 is 1.67 bits per heavy atom. The maximum Gasteiger partial charge on any atom is 0.306 e. The number of rotatable bonds is 4. The molecule has 1 atom stereocenters. The summed E-state index contributed by atoms with van der Waals surface area (Å²) < 4.78 is 2.03. The van der Waals surface area contributed by atoms with Crippen LogP contribution in [0, 0.1) is 5.41 Å². The van der Waals surface area contributed by atoms with Crippen LogP contribution in [-0.4, -0.2) is 20.6 Å². The number of carboxylic acids is 1. The summed E-state index contributed by atoms with van der Waals surface area (Å²) in [6.07, 6.45) is 1.76. The van der Waals surface area contributed by atoms with Gasteiger partial charge < -0.3 is 9.67 Å². The number of carbonyl (C=O) groups is 1. The Kier molecular flexibility index (Phi) is 3.91. The molecule has 0 spiro atoms. The number of aromatic nitrogens is 2. The molecule has 4 heteroatoms. The van der Waals surface area contributed by atoms with Crippen molar-refractivity contribution in [3.05, 3.63) is 66.5 Å². The summed E-state index contributed by atoms with van der Waals surface area (Å²) in [5.41, 5.74) is 1.71. The van der Waals surface area contributed by atoms with E-state index >= 15 is 0 Å². The Bertz CT molecular complexity index is 862. The summed E-state index contributed by atoms with van der Waals surface area (Å²) >= 11 is 0. The number of hydrogen-bond donors (Lipinski definition) is 1. The molecule has 0 unspecified atom stereocenters. The zero-order valence-electron chi connectivity index (χ0n) is 14.2. The highest BCUT2D eigenvalue weighted by Gasteiger charge is 2.47. The number of nitrogens with zero attached hydrogens (tertiary/aromatic N) is 2. The van der Waals surface area contributed by atoms with Gasteiger partial charge in [-0.05, 0) is 23.1 Å². The van der Waals surface area contributed by atoms with Crippen LogP contribution in [0.2, 0.25) is 0 Å². The molecular weight excluding hydrogens is 300 g/mol. The molecule has 2 aromatic carbocycles. The van der Waals surface area contributed by atoms with Crippen LogP contribution in [0.4, 0.5) is 0 Å². The highest BCUT2D eigenvalue weighted by molar-refractivity contribution is 5.77. The maximum atomic E-state index is 11.8. The van der Waals surface area contributed by atoms with Crippen LogP contribution in [0.25, 0.3) is 11.0 Å². The van der Waals surface area contributed by atoms with Gasteiger partial charge in [-0.25, -0.2) is 4.98 Å². The van der Waals surface area contributed by atoms with Crippen LogP contribution < -0.4 is 0 Å². The van der Waals surface area contributed by atoms with Crippen LogP contribution >= 0.6 is 0 Å². The zero-order chi connectivity index (χ0) is 17.4. The van der Waals surface area contributed by atoms with Gasteiger partial charge in [0.25, 0.3) is 0 Å². The molecule has 0 amide bonds. The van der Waals surface area contributed by atoms with Gasteiger partial charge in [-0.15, -0.1) is 0 Å². The first kappa shape index (κ1) is 16.2. The molecule has 124 valence electrons. The predicted molar refractivity (Wildman–Crippen MR) is 95.0 cm³/mol. The van der Waals surface area contributed by atoms with Crippen molar-refractivity contribution in [1.29, 1.82) is 0 Å². The smallest absolute Gasteiger partial charge is 0.306 e. The molecule has 1 heterocycles. The van der Waals surface area contributed by atoms with Gasteiger partial charge in [-0.3, -0.25) is 4.79 Å². The van der Waals surface area contributed by atoms with Crippen molar-refractivity contribution in [2.45, 2.75) is 32.7 Å². The molecule has 3 aromatic rings. The quantitative estimate of drug-likeness (QED) is 0.779. The molecule has 0 aliphatic rings. The van der Waals surface area contributed by atoms with Crippen molar-refractivity contribution in [2.24, 2.45) is 5.41 Å². The number of benzene rings is 2. The van der Waals surface area contributed by atoms with Crippen molar-refractivity contribution in [3.8, 4) is 0 Å². The van der Waals surface area contributed by atoms with E-state index in [0.29, 0.717) is 0 Å². The average molecular weight is 322 g/mol. The molecule has 0 aliphatic heterocycles. The Balaban J connectivity index is 2.38. The van der Waals surface area contributed by atoms with E-state index in [2.05, 4.69) is 25.8 Å². The molecule has 4 nitrogen and oxygen atoms in total. The van der Waals surface area contributed by atoms with Gasteiger partial charge in [-0.1, -0.05) is 63.2 Å². The largest absolute Gasteiger partial charge is 0.481 e. The lowest BCUT2D eigenvalue weighted by Gasteiger charge is -2.46. The molecule has 0 aliphatic carbocycles. The second-order valence-electron chi connectivity index (χ2n) is 7.15. The third kappa shape index (κ3) is 2.48. The lowest BCUT2D eigenvalue weighted by atomic mass is 9.67. The van der Waals surface area contributed by atoms with Crippen LogP contribution in [-0.2, 0) is 10.3 Å². The molecule has 1 aromatic heterocycles. The molecule has 0 fully saturated rings. The van der Waals surface area contributed by atoms with E-state index in [1.165, 1.54) is 0 Å². The minimum Gasteiger partial charge on any atom is -0.481 e. The van der Waals surface area contributed by atoms with Crippen molar-refractivity contribution >= 4 is 17.0 Å². The highest BCUT2D eigenvalue weighted by Crippen LogP contribution is 2.47. The standard InChI is InChI=1S/C20H22N2O2/c1-19(2,3)20(13-18(23)24,15-9-5-4-6-10-15)22-14-21-16-11-7-8-12-17(16)22/h4-12,14H,13H2,1-3H3,(H,23,24)/t20-/m0/s1. The summed E-state index contributed by atoms with van der Waals surface area (Å²) in [5, 5.41) is 9.71. The number of fused-ring (bicyclic) bond motifs is 1. The fourth-order valence-electron chi connectivity index (χ4n) is 3.58. The highest BCUT2D eigenvalue weighted by atomic mass is 16.4. The third-order valence-electron chi connectivity index (χ3n) is 4.76. The predicted octanol–water partition coefficient (Wildman–Crippen LogP) is 4.30. The molecule has 0 radical (unpaired) electrons. The molecular formula is C20H22N2O2. The van der Waals surface area contributed by atoms with E-state index in [0.717, 1.165) is 16.6 Å². The summed E-state index contributed by atoms with van der Waals surface area (Å²) in [4.78, 5) is 16.3. The molecule has 3 rings (SSSR count). The average Bonchev–Trinajstić information content (AvgIpc) is 2.96. The first-order valence-corrected chi connectivity index (χ1v) is 8.06. The monoisotopic (exact) mass is 322 g/mol. The topological polar surface area (TPSA) is 55.1 Å². The lowest BCUT2D eigenvalue weighted by molar-refractivity contribution is -0.140. The summed E-state index contributed by atoms with van der Waals surface area (Å²) in [6.45, 7) is 6.24. The van der Waals surface area contributed by atoms with Gasteiger partial charge in [0.1, 0.15) is 0 Å². The van der Waals surface area contributed by atoms with Gasteiger partial charge in [0.2, 0.25) is 0 Å². The van der Waals surface area contributed by atoms with Crippen molar-refractivity contribution in [2.75, 3.05) is 0 Å². The first-order chi connectivity index (χ1) is 11.4. The number of carboxylic acid groups (broad SMARTS) is 1. The van der Waals surface area contributed by atoms with Gasteiger partial charge in [0.15, 0.2) is 0 Å². The number of hydrogen-bond acceptors (Lipinski definition) is 2. The number of imidazole rings is 1. The second-order valence-corrected chi connectivity index (χ2v) is 7.15. The van der Waals surface area contributed by atoms with E-state index in [4.69, 9.17) is 0 Å². The minimum atomic E-state index is -0.827. The molecule has 1 N–H and O–H groups in total. The van der Waals surface area contributed by atoms with Crippen LogP contribution in [0.5, 0.6) is 0 Å². The normalized spacial score (nSPS) is 14.5. The summed E-state index contributed by atoms with van der Waals surface area (Å²) in [6, 6.07) is 17.7. The van der Waals surface area contributed by atoms with Crippen LogP contribution in [0.15, 0.2) is 60.9 Å². The molecule has 0 bridgehead atoms. The van der Waals surface area contributed by atoms with Crippen molar-refractivity contribution < 1.29 is 9.90 Å². The molecule has 0 saturated carbocycles. The number of aliphatic carboxylic acids is 1. The van der Waals surface area contributed by atoms with E-state index in [9.17, 15) is 9.90 Å². The van der Waals surface area contributed by atoms with E-state index < -0.39 is 11.5 Å². The Labute approximate surface area is 141 Å². The molecule has 24 heavy (non-hydrogen) atoms. The van der Waals surface area contributed by atoms with Gasteiger partial charge in [-0.2, -0.15) is 0 Å². The Hall–Kier alpha value is -2.62. The van der Waals surface area contributed by atoms with Crippen molar-refractivity contribution in [1.82, 2.24) is 9.55 Å². The Morgan fingerprint density at radius 1 is 1.04 bits per heavy atom. The molecule has 0 saturated heterocycles. The van der Waals surface area contributed by atoms with Crippen LogP contribution in [0.1, 0.15) is 32.8 Å². The second kappa shape index (κ2) is 5.78. The van der Waals surface area contributed by atoms with Gasteiger partial charge >= 0.3 is 5.97 Å². The number of para-hydroxylation sites is 2. The van der Waals surface area contributed by atoms with Crippen LogP contribution in [0.3, 0.4) is 0 Å². The third-order valence-corrected chi connectivity index (χ3v) is 4.76. The van der Waals surface area contributed by atoms with E-state index in [-0.39, 0.29) is 11.8 Å². The SMILES string of the molecule is CC(C)(C)[C@](CC(=O)O)(c1ccccc1)n1cnc2ccccc21. The maximum absolute atomic E-state index is 11.8. The van der Waals surface area contributed by atoms with Gasteiger partial charge in [0, 0.05) is 0 Å². The van der Waals surface area contributed by atoms with E-state index in [1.807, 2.05) is 59.2 Å². The minimum absolute atomic E-state index is 0.0130. The van der Waals surface area contributed by atoms with Gasteiger partial charge in [0.05, 0.1) is 29.3 Å². The van der Waals surface area contributed by atoms with Crippen molar-refractivity contribution in [3.63, 3.8) is 0 Å².